The molecule has 0 aromatic heterocycles. The Morgan fingerprint density at radius 3 is 2.76 bits per heavy atom. The van der Waals surface area contributed by atoms with Crippen LogP contribution in [-0.4, -0.2) is 11.9 Å². The van der Waals surface area contributed by atoms with Crippen molar-refractivity contribution in [2.75, 3.05) is 7.11 Å². The van der Waals surface area contributed by atoms with Crippen LogP contribution in [0.15, 0.2) is 22.7 Å². The Bertz CT molecular complexity index is 378. The van der Waals surface area contributed by atoms with Gasteiger partial charge in [-0.25, -0.2) is 0 Å². The molecular formula is C14H18Br2O. The predicted octanol–water partition coefficient (Wildman–Crippen LogP) is 4.95. The minimum absolute atomic E-state index is 0.675. The van der Waals surface area contributed by atoms with E-state index in [4.69, 9.17) is 4.74 Å². The van der Waals surface area contributed by atoms with Gasteiger partial charge >= 0.3 is 0 Å². The summed E-state index contributed by atoms with van der Waals surface area (Å²) in [6.45, 7) is 0. The first-order valence-electron chi connectivity index (χ1n) is 6.17. The highest BCUT2D eigenvalue weighted by Crippen LogP contribution is 2.34. The third-order valence-corrected chi connectivity index (χ3v) is 5.53. The highest BCUT2D eigenvalue weighted by atomic mass is 79.9. The average Bonchev–Trinajstić information content (AvgIpc) is 2.35. The van der Waals surface area contributed by atoms with Crippen molar-refractivity contribution in [2.24, 2.45) is 5.92 Å². The van der Waals surface area contributed by atoms with Gasteiger partial charge in [0.2, 0.25) is 0 Å². The SMILES string of the molecule is COc1ccc(Br)c(CC2CCCCC2Br)c1. The van der Waals surface area contributed by atoms with Crippen molar-refractivity contribution >= 4 is 31.9 Å². The molecule has 2 unspecified atom stereocenters. The number of ether oxygens (including phenoxy) is 1. The number of halogens is 2. The first-order chi connectivity index (χ1) is 8.20. The second-order valence-electron chi connectivity index (χ2n) is 4.72. The van der Waals surface area contributed by atoms with E-state index in [2.05, 4.69) is 44.0 Å². The minimum atomic E-state index is 0.675. The van der Waals surface area contributed by atoms with Crippen molar-refractivity contribution < 1.29 is 4.74 Å². The molecule has 2 atom stereocenters. The van der Waals surface area contributed by atoms with Crippen LogP contribution in [0.3, 0.4) is 0 Å². The molecule has 0 aliphatic heterocycles. The van der Waals surface area contributed by atoms with E-state index in [1.807, 2.05) is 6.07 Å². The molecule has 0 amide bonds. The summed E-state index contributed by atoms with van der Waals surface area (Å²) in [5.74, 6) is 1.71. The van der Waals surface area contributed by atoms with Gasteiger partial charge in [0.15, 0.2) is 0 Å². The van der Waals surface area contributed by atoms with Gasteiger partial charge in [-0.3, -0.25) is 0 Å². The summed E-state index contributed by atoms with van der Waals surface area (Å²) >= 11 is 7.46. The number of hydrogen-bond donors (Lipinski definition) is 0. The zero-order valence-corrected chi connectivity index (χ0v) is 13.3. The lowest BCUT2D eigenvalue weighted by Crippen LogP contribution is -2.21. The van der Waals surface area contributed by atoms with Gasteiger partial charge in [-0.2, -0.15) is 0 Å². The van der Waals surface area contributed by atoms with Crippen LogP contribution in [0.5, 0.6) is 5.75 Å². The van der Waals surface area contributed by atoms with Gasteiger partial charge in [0, 0.05) is 9.30 Å². The van der Waals surface area contributed by atoms with Crippen LogP contribution in [0.2, 0.25) is 0 Å². The van der Waals surface area contributed by atoms with Crippen molar-refractivity contribution in [2.45, 2.75) is 36.9 Å². The van der Waals surface area contributed by atoms with Gasteiger partial charge in [0.05, 0.1) is 7.11 Å². The molecule has 1 fully saturated rings. The first-order valence-corrected chi connectivity index (χ1v) is 7.88. The molecule has 1 aromatic carbocycles. The quantitative estimate of drug-likeness (QED) is 0.692. The van der Waals surface area contributed by atoms with Crippen molar-refractivity contribution in [3.63, 3.8) is 0 Å². The van der Waals surface area contributed by atoms with E-state index in [-0.39, 0.29) is 0 Å². The number of methoxy groups -OCH3 is 1. The Balaban J connectivity index is 2.11. The molecule has 0 bridgehead atoms. The van der Waals surface area contributed by atoms with Gasteiger partial charge < -0.3 is 4.74 Å². The number of benzene rings is 1. The standard InChI is InChI=1S/C14H18Br2O/c1-17-12-6-7-14(16)11(9-12)8-10-4-2-3-5-13(10)15/h6-7,9-10,13H,2-5,8H2,1H3. The molecule has 0 N–H and O–H groups in total. The van der Waals surface area contributed by atoms with Crippen LogP contribution >= 0.6 is 31.9 Å². The molecule has 0 radical (unpaired) electrons. The van der Waals surface area contributed by atoms with Crippen LogP contribution in [0.4, 0.5) is 0 Å². The van der Waals surface area contributed by atoms with Gasteiger partial charge in [-0.15, -0.1) is 0 Å². The highest BCUT2D eigenvalue weighted by molar-refractivity contribution is 9.10. The van der Waals surface area contributed by atoms with Gasteiger partial charge in [-0.05, 0) is 48.9 Å². The molecule has 17 heavy (non-hydrogen) atoms. The zero-order chi connectivity index (χ0) is 12.3. The molecular weight excluding hydrogens is 344 g/mol. The topological polar surface area (TPSA) is 9.23 Å². The molecule has 0 spiro atoms. The molecule has 0 heterocycles. The van der Waals surface area contributed by atoms with Crippen molar-refractivity contribution in [3.8, 4) is 5.75 Å². The van der Waals surface area contributed by atoms with E-state index in [9.17, 15) is 0 Å². The van der Waals surface area contributed by atoms with Crippen molar-refractivity contribution in [1.29, 1.82) is 0 Å². The molecule has 94 valence electrons. The van der Waals surface area contributed by atoms with E-state index >= 15 is 0 Å². The zero-order valence-electron chi connectivity index (χ0n) is 10.1. The molecule has 1 aromatic rings. The Labute approximate surface area is 120 Å². The molecule has 1 aliphatic carbocycles. The van der Waals surface area contributed by atoms with Gasteiger partial charge in [0.1, 0.15) is 5.75 Å². The normalized spacial score (nSPS) is 24.6. The number of rotatable bonds is 3. The van der Waals surface area contributed by atoms with Crippen molar-refractivity contribution in [3.05, 3.63) is 28.2 Å². The van der Waals surface area contributed by atoms with E-state index in [1.165, 1.54) is 35.7 Å². The van der Waals surface area contributed by atoms with Crippen LogP contribution in [0.25, 0.3) is 0 Å². The number of hydrogen-bond acceptors (Lipinski definition) is 1. The fourth-order valence-electron chi connectivity index (χ4n) is 2.51. The largest absolute Gasteiger partial charge is 0.497 e. The lowest BCUT2D eigenvalue weighted by Gasteiger charge is -2.27. The Kier molecular flexibility index (Phi) is 4.92. The van der Waals surface area contributed by atoms with Gasteiger partial charge in [-0.1, -0.05) is 44.7 Å². The second kappa shape index (κ2) is 6.24. The predicted molar refractivity (Wildman–Crippen MR) is 79.1 cm³/mol. The first kappa shape index (κ1) is 13.4. The summed E-state index contributed by atoms with van der Waals surface area (Å²) in [6, 6.07) is 6.23. The molecule has 0 saturated heterocycles. The highest BCUT2D eigenvalue weighted by Gasteiger charge is 2.23. The third-order valence-electron chi connectivity index (χ3n) is 3.55. The molecule has 1 aliphatic rings. The smallest absolute Gasteiger partial charge is 0.119 e. The third kappa shape index (κ3) is 3.47. The van der Waals surface area contributed by atoms with E-state index < -0.39 is 0 Å². The monoisotopic (exact) mass is 360 g/mol. The summed E-state index contributed by atoms with van der Waals surface area (Å²) in [5.41, 5.74) is 1.36. The maximum Gasteiger partial charge on any atom is 0.119 e. The van der Waals surface area contributed by atoms with Crippen molar-refractivity contribution in [1.82, 2.24) is 0 Å². The lowest BCUT2D eigenvalue weighted by atomic mass is 9.85. The summed E-state index contributed by atoms with van der Waals surface area (Å²) in [4.78, 5) is 0.675. The van der Waals surface area contributed by atoms with Crippen LogP contribution < -0.4 is 4.74 Å². The number of alkyl halides is 1. The summed E-state index contributed by atoms with van der Waals surface area (Å²) in [5, 5.41) is 0. The molecule has 1 saturated carbocycles. The second-order valence-corrected chi connectivity index (χ2v) is 6.75. The van der Waals surface area contributed by atoms with E-state index in [0.717, 1.165) is 18.1 Å². The summed E-state index contributed by atoms with van der Waals surface area (Å²) in [7, 11) is 1.72. The average molecular weight is 362 g/mol. The van der Waals surface area contributed by atoms with Gasteiger partial charge in [0.25, 0.3) is 0 Å². The Morgan fingerprint density at radius 2 is 2.06 bits per heavy atom. The maximum atomic E-state index is 5.29. The Hall–Kier alpha value is -0.0200. The van der Waals surface area contributed by atoms with E-state index in [0.29, 0.717) is 4.83 Å². The molecule has 3 heteroatoms. The fourth-order valence-corrected chi connectivity index (χ4v) is 3.69. The van der Waals surface area contributed by atoms with Crippen LogP contribution in [0.1, 0.15) is 31.2 Å². The molecule has 2 rings (SSSR count). The molecule has 1 nitrogen and oxygen atoms in total. The van der Waals surface area contributed by atoms with Crippen LogP contribution in [0, 0.1) is 5.92 Å². The maximum absolute atomic E-state index is 5.29. The Morgan fingerprint density at radius 1 is 1.29 bits per heavy atom. The van der Waals surface area contributed by atoms with E-state index in [1.54, 1.807) is 7.11 Å². The summed E-state index contributed by atoms with van der Waals surface area (Å²) in [6.07, 6.45) is 6.51. The summed E-state index contributed by atoms with van der Waals surface area (Å²) < 4.78 is 6.49. The fraction of sp³-hybridized carbons (Fsp3) is 0.571. The lowest BCUT2D eigenvalue weighted by molar-refractivity contribution is 0.371. The van der Waals surface area contributed by atoms with Crippen LogP contribution in [-0.2, 0) is 6.42 Å². The minimum Gasteiger partial charge on any atom is -0.497 e.